The monoisotopic (exact) mass is 275 g/mol. The number of ether oxygens (including phenoxy) is 1. The summed E-state index contributed by atoms with van der Waals surface area (Å²) in [5, 5.41) is 0. The first-order chi connectivity index (χ1) is 5.70. The molecular formula is C9H10INO. The number of rotatable bonds is 3. The van der Waals surface area contributed by atoms with E-state index in [0.717, 1.165) is 9.14 Å². The number of nitrogens with zero attached hydrogens (tertiary/aromatic N) is 1. The number of hydrogen-bond acceptors (Lipinski definition) is 2. The highest BCUT2D eigenvalue weighted by atomic mass is 127. The molecule has 3 heteroatoms. The van der Waals surface area contributed by atoms with Crippen LogP contribution in [0, 0.1) is 3.57 Å². The van der Waals surface area contributed by atoms with Crippen molar-refractivity contribution in [1.82, 2.24) is 4.98 Å². The predicted molar refractivity (Wildman–Crippen MR) is 57.3 cm³/mol. The molecular weight excluding hydrogens is 265 g/mol. The standard InChI is InChI=1S/C9H10INO/c1-7(2)6-12-9-8(10)4-3-5-11-9/h3-5H,1,6H2,2H3. The summed E-state index contributed by atoms with van der Waals surface area (Å²) in [5.74, 6) is 0.682. The van der Waals surface area contributed by atoms with Gasteiger partial charge in [-0.3, -0.25) is 0 Å². The Balaban J connectivity index is 2.63. The molecule has 0 saturated heterocycles. The Hall–Kier alpha value is -0.580. The summed E-state index contributed by atoms with van der Waals surface area (Å²) in [4.78, 5) is 4.08. The third kappa shape index (κ3) is 2.81. The van der Waals surface area contributed by atoms with E-state index in [1.807, 2.05) is 19.1 Å². The number of hydrogen-bond donors (Lipinski definition) is 0. The molecule has 0 aromatic carbocycles. The van der Waals surface area contributed by atoms with Crippen molar-refractivity contribution in [3.05, 3.63) is 34.1 Å². The average Bonchev–Trinajstić information content (AvgIpc) is 2.03. The van der Waals surface area contributed by atoms with Gasteiger partial charge in [0.2, 0.25) is 5.88 Å². The normalized spacial score (nSPS) is 9.50. The maximum absolute atomic E-state index is 5.38. The Morgan fingerprint density at radius 2 is 2.50 bits per heavy atom. The van der Waals surface area contributed by atoms with Crippen molar-refractivity contribution in [2.24, 2.45) is 0 Å². The van der Waals surface area contributed by atoms with Gasteiger partial charge < -0.3 is 4.74 Å². The van der Waals surface area contributed by atoms with Crippen LogP contribution >= 0.6 is 22.6 Å². The van der Waals surface area contributed by atoms with Gasteiger partial charge in [0.25, 0.3) is 0 Å². The molecule has 0 saturated carbocycles. The molecule has 64 valence electrons. The first-order valence-corrected chi connectivity index (χ1v) is 4.65. The highest BCUT2D eigenvalue weighted by Crippen LogP contribution is 2.16. The van der Waals surface area contributed by atoms with Crippen LogP contribution < -0.4 is 4.74 Å². The molecule has 0 amide bonds. The largest absolute Gasteiger partial charge is 0.472 e. The van der Waals surface area contributed by atoms with Crippen LogP contribution in [-0.2, 0) is 0 Å². The van der Waals surface area contributed by atoms with Crippen molar-refractivity contribution in [2.45, 2.75) is 6.92 Å². The van der Waals surface area contributed by atoms with Gasteiger partial charge in [-0.1, -0.05) is 6.58 Å². The van der Waals surface area contributed by atoms with Gasteiger partial charge in [0.1, 0.15) is 6.61 Å². The number of pyridine rings is 1. The Morgan fingerprint density at radius 3 is 3.08 bits per heavy atom. The Kier molecular flexibility index (Phi) is 3.52. The van der Waals surface area contributed by atoms with E-state index in [-0.39, 0.29) is 0 Å². The van der Waals surface area contributed by atoms with Crippen LogP contribution in [0.15, 0.2) is 30.5 Å². The van der Waals surface area contributed by atoms with Crippen molar-refractivity contribution < 1.29 is 4.74 Å². The minimum Gasteiger partial charge on any atom is -0.472 e. The third-order valence-electron chi connectivity index (χ3n) is 1.18. The molecule has 0 N–H and O–H groups in total. The van der Waals surface area contributed by atoms with Gasteiger partial charge in [-0.25, -0.2) is 4.98 Å². The maximum atomic E-state index is 5.38. The highest BCUT2D eigenvalue weighted by molar-refractivity contribution is 14.1. The molecule has 1 heterocycles. The Labute approximate surface area is 85.8 Å². The Bertz CT molecular complexity index is 286. The minimum atomic E-state index is 0.535. The second kappa shape index (κ2) is 4.45. The first kappa shape index (κ1) is 9.51. The van der Waals surface area contributed by atoms with Crippen molar-refractivity contribution in [2.75, 3.05) is 6.61 Å². The van der Waals surface area contributed by atoms with E-state index in [9.17, 15) is 0 Å². The second-order valence-corrected chi connectivity index (χ2v) is 3.70. The van der Waals surface area contributed by atoms with E-state index in [1.165, 1.54) is 0 Å². The van der Waals surface area contributed by atoms with E-state index >= 15 is 0 Å². The fourth-order valence-corrected chi connectivity index (χ4v) is 1.17. The molecule has 0 radical (unpaired) electrons. The van der Waals surface area contributed by atoms with Crippen molar-refractivity contribution in [3.63, 3.8) is 0 Å². The molecule has 0 aliphatic heterocycles. The summed E-state index contributed by atoms with van der Waals surface area (Å²) in [5.41, 5.74) is 0.997. The number of aromatic nitrogens is 1. The van der Waals surface area contributed by atoms with Gasteiger partial charge in [0, 0.05) is 6.20 Å². The predicted octanol–water partition coefficient (Wildman–Crippen LogP) is 2.64. The quantitative estimate of drug-likeness (QED) is 0.625. The molecule has 1 aromatic rings. The van der Waals surface area contributed by atoms with Crippen LogP contribution in [0.25, 0.3) is 0 Å². The fourth-order valence-electron chi connectivity index (χ4n) is 0.669. The lowest BCUT2D eigenvalue weighted by molar-refractivity contribution is 0.336. The Morgan fingerprint density at radius 1 is 1.75 bits per heavy atom. The van der Waals surface area contributed by atoms with Crippen LogP contribution in [0.4, 0.5) is 0 Å². The molecule has 1 aromatic heterocycles. The molecule has 0 bridgehead atoms. The van der Waals surface area contributed by atoms with Crippen molar-refractivity contribution in [1.29, 1.82) is 0 Å². The second-order valence-electron chi connectivity index (χ2n) is 2.54. The zero-order chi connectivity index (χ0) is 8.97. The van der Waals surface area contributed by atoms with E-state index in [1.54, 1.807) is 6.20 Å². The van der Waals surface area contributed by atoms with Gasteiger partial charge in [0.15, 0.2) is 0 Å². The fraction of sp³-hybridized carbons (Fsp3) is 0.222. The third-order valence-corrected chi connectivity index (χ3v) is 2.00. The minimum absolute atomic E-state index is 0.535. The summed E-state index contributed by atoms with van der Waals surface area (Å²) < 4.78 is 6.40. The van der Waals surface area contributed by atoms with E-state index in [0.29, 0.717) is 12.5 Å². The summed E-state index contributed by atoms with van der Waals surface area (Å²) >= 11 is 2.19. The van der Waals surface area contributed by atoms with Gasteiger partial charge in [-0.2, -0.15) is 0 Å². The molecule has 2 nitrogen and oxygen atoms in total. The average molecular weight is 275 g/mol. The molecule has 1 rings (SSSR count). The van der Waals surface area contributed by atoms with Gasteiger partial charge in [-0.05, 0) is 47.2 Å². The molecule has 0 atom stereocenters. The zero-order valence-electron chi connectivity index (χ0n) is 6.88. The lowest BCUT2D eigenvalue weighted by Crippen LogP contribution is -2.00. The van der Waals surface area contributed by atoms with E-state index < -0.39 is 0 Å². The summed E-state index contributed by atoms with van der Waals surface area (Å²) in [6.07, 6.45) is 1.72. The summed E-state index contributed by atoms with van der Waals surface area (Å²) in [7, 11) is 0. The summed E-state index contributed by atoms with van der Waals surface area (Å²) in [6, 6.07) is 3.84. The summed E-state index contributed by atoms with van der Waals surface area (Å²) in [6.45, 7) is 6.21. The topological polar surface area (TPSA) is 22.1 Å². The van der Waals surface area contributed by atoms with Crippen molar-refractivity contribution in [3.8, 4) is 5.88 Å². The maximum Gasteiger partial charge on any atom is 0.227 e. The highest BCUT2D eigenvalue weighted by Gasteiger charge is 1.99. The van der Waals surface area contributed by atoms with Gasteiger partial charge in [0.05, 0.1) is 3.57 Å². The molecule has 0 fully saturated rings. The molecule has 0 spiro atoms. The van der Waals surface area contributed by atoms with Crippen LogP contribution in [0.5, 0.6) is 5.88 Å². The molecule has 0 aliphatic rings. The smallest absolute Gasteiger partial charge is 0.227 e. The SMILES string of the molecule is C=C(C)COc1ncccc1I. The van der Waals surface area contributed by atoms with Crippen LogP contribution in [0.1, 0.15) is 6.92 Å². The van der Waals surface area contributed by atoms with Crippen LogP contribution in [-0.4, -0.2) is 11.6 Å². The van der Waals surface area contributed by atoms with Crippen molar-refractivity contribution >= 4 is 22.6 Å². The lowest BCUT2D eigenvalue weighted by atomic mass is 10.4. The van der Waals surface area contributed by atoms with Gasteiger partial charge in [-0.15, -0.1) is 0 Å². The zero-order valence-corrected chi connectivity index (χ0v) is 9.04. The van der Waals surface area contributed by atoms with Gasteiger partial charge >= 0.3 is 0 Å². The van der Waals surface area contributed by atoms with Crippen LogP contribution in [0.2, 0.25) is 0 Å². The number of halogens is 1. The molecule has 0 unspecified atom stereocenters. The molecule has 12 heavy (non-hydrogen) atoms. The first-order valence-electron chi connectivity index (χ1n) is 3.58. The lowest BCUT2D eigenvalue weighted by Gasteiger charge is -2.05. The molecule has 0 aliphatic carbocycles. The van der Waals surface area contributed by atoms with Crippen LogP contribution in [0.3, 0.4) is 0 Å². The van der Waals surface area contributed by atoms with E-state index in [4.69, 9.17) is 4.74 Å². The van der Waals surface area contributed by atoms with E-state index in [2.05, 4.69) is 34.2 Å².